The van der Waals surface area contributed by atoms with Crippen molar-refractivity contribution in [3.05, 3.63) is 91.1 Å². The standard InChI is InChI=1S/C30H14F6N2O5/c31-29(32,33)27-19-11-5-12(8-2-16-15(1-7(8)11)23(39)37-24(16)40)20(19)28(43-27,30(34,35)36)22-14-6-13(21(22)27)9-3-17-18(4-10(9)14)26(42)38-25(17)41/h1-4,11-14H,5-6H2,(H,37,39,40)(H,38,41,42). The highest BCUT2D eigenvalue weighted by molar-refractivity contribution is 6.22. The largest absolute Gasteiger partial charge is 0.425 e. The van der Waals surface area contributed by atoms with Gasteiger partial charge in [0, 0.05) is 23.7 Å². The lowest BCUT2D eigenvalue weighted by Gasteiger charge is -2.40. The molecule has 2 aromatic carbocycles. The van der Waals surface area contributed by atoms with Crippen LogP contribution in [0, 0.1) is 0 Å². The molecule has 2 aromatic rings. The third kappa shape index (κ3) is 2.21. The summed E-state index contributed by atoms with van der Waals surface area (Å²) in [5.41, 5.74) is -7.50. The van der Waals surface area contributed by atoms with Crippen LogP contribution < -0.4 is 10.6 Å². The van der Waals surface area contributed by atoms with Crippen LogP contribution in [0.4, 0.5) is 26.3 Å². The first-order chi connectivity index (χ1) is 20.2. The second-order valence-corrected chi connectivity index (χ2v) is 12.4. The van der Waals surface area contributed by atoms with Gasteiger partial charge in [-0.25, -0.2) is 0 Å². The summed E-state index contributed by atoms with van der Waals surface area (Å²) in [6.45, 7) is 0. The molecule has 0 aromatic heterocycles. The van der Waals surface area contributed by atoms with E-state index >= 15 is 26.3 Å². The van der Waals surface area contributed by atoms with E-state index in [1.54, 1.807) is 0 Å². The third-order valence-corrected chi connectivity index (χ3v) is 10.9. The molecular formula is C30H14F6N2O5. The predicted molar refractivity (Wildman–Crippen MR) is 129 cm³/mol. The highest BCUT2D eigenvalue weighted by Gasteiger charge is 2.87. The fraction of sp³-hybridized carbons (Fsp3) is 0.333. The molecule has 2 N–H and O–H groups in total. The monoisotopic (exact) mass is 596 g/mol. The van der Waals surface area contributed by atoms with Crippen LogP contribution in [0.5, 0.6) is 0 Å². The van der Waals surface area contributed by atoms with Crippen molar-refractivity contribution in [3.8, 4) is 0 Å². The van der Waals surface area contributed by atoms with Crippen LogP contribution in [-0.4, -0.2) is 47.2 Å². The summed E-state index contributed by atoms with van der Waals surface area (Å²) in [4.78, 5) is 49.5. The number of imide groups is 2. The lowest BCUT2D eigenvalue weighted by atomic mass is 9.62. The van der Waals surface area contributed by atoms with E-state index in [0.717, 1.165) is 0 Å². The average molecular weight is 596 g/mol. The summed E-state index contributed by atoms with van der Waals surface area (Å²) in [6.07, 6.45) is -10.7. The van der Waals surface area contributed by atoms with E-state index in [1.807, 2.05) is 0 Å². The molecule has 0 fully saturated rings. The molecule has 0 saturated heterocycles. The number of halogens is 6. The zero-order valence-electron chi connectivity index (χ0n) is 21.3. The van der Waals surface area contributed by atoms with E-state index in [1.165, 1.54) is 24.3 Å². The van der Waals surface area contributed by atoms with Crippen LogP contribution >= 0.6 is 0 Å². The number of rotatable bonds is 0. The van der Waals surface area contributed by atoms with E-state index in [2.05, 4.69) is 10.6 Å². The number of amides is 4. The molecular weight excluding hydrogens is 582 g/mol. The highest BCUT2D eigenvalue weighted by atomic mass is 19.4. The number of hydrogen-bond donors (Lipinski definition) is 2. The van der Waals surface area contributed by atoms with Gasteiger partial charge in [-0.15, -0.1) is 0 Å². The minimum atomic E-state index is -5.28. The first-order valence-corrected chi connectivity index (χ1v) is 13.6. The Balaban J connectivity index is 1.24. The van der Waals surface area contributed by atoms with Crippen LogP contribution in [-0.2, 0) is 4.74 Å². The molecule has 8 aliphatic rings. The summed E-state index contributed by atoms with van der Waals surface area (Å²) in [7, 11) is 0. The SMILES string of the molecule is O=C1NC(=O)c2cc3c(cc21)C1CC3C2=C1C1(C(F)(F)F)OC2(C(F)(F)F)C2=C1C1CC2c2cc3c(cc21)C(=O)NC3=O. The molecule has 7 nitrogen and oxygen atoms in total. The van der Waals surface area contributed by atoms with Crippen molar-refractivity contribution >= 4 is 23.6 Å². The normalized spacial score (nSPS) is 35.0. The van der Waals surface area contributed by atoms with Crippen LogP contribution in [0.1, 0.15) is 100 Å². The van der Waals surface area contributed by atoms with Gasteiger partial charge in [-0.2, -0.15) is 26.3 Å². The lowest BCUT2D eigenvalue weighted by molar-refractivity contribution is -0.303. The zero-order chi connectivity index (χ0) is 29.9. The molecule has 43 heavy (non-hydrogen) atoms. The van der Waals surface area contributed by atoms with Gasteiger partial charge < -0.3 is 4.74 Å². The van der Waals surface area contributed by atoms with Gasteiger partial charge in [0.25, 0.3) is 23.6 Å². The molecule has 4 amide bonds. The van der Waals surface area contributed by atoms with Crippen molar-refractivity contribution in [3.63, 3.8) is 0 Å². The van der Waals surface area contributed by atoms with Gasteiger partial charge in [-0.05, 0) is 81.7 Å². The molecule has 4 heterocycles. The fourth-order valence-electron chi connectivity index (χ4n) is 9.73. The summed E-state index contributed by atoms with van der Waals surface area (Å²) in [5.74, 6) is -7.29. The van der Waals surface area contributed by atoms with E-state index < -0.39 is 93.1 Å². The van der Waals surface area contributed by atoms with Gasteiger partial charge in [-0.3, -0.25) is 29.8 Å². The number of nitrogens with one attached hydrogen (secondary N) is 2. The van der Waals surface area contributed by atoms with Crippen LogP contribution in [0.15, 0.2) is 46.6 Å². The quantitative estimate of drug-likeness (QED) is 0.264. The first-order valence-electron chi connectivity index (χ1n) is 13.6. The molecule has 216 valence electrons. The van der Waals surface area contributed by atoms with Gasteiger partial charge in [-0.1, -0.05) is 0 Å². The van der Waals surface area contributed by atoms with Gasteiger partial charge in [0.05, 0.1) is 22.3 Å². The molecule has 4 aliphatic carbocycles. The Kier molecular flexibility index (Phi) is 3.64. The zero-order valence-corrected chi connectivity index (χ0v) is 21.3. The highest BCUT2D eigenvalue weighted by Crippen LogP contribution is 2.82. The number of ether oxygens (including phenoxy) is 1. The smallest absolute Gasteiger partial charge is 0.332 e. The molecule has 13 heteroatoms. The number of carbonyl (C=O) groups excluding carboxylic acids is 4. The Morgan fingerprint density at radius 3 is 1.02 bits per heavy atom. The first kappa shape index (κ1) is 24.2. The van der Waals surface area contributed by atoms with Crippen molar-refractivity contribution in [2.75, 3.05) is 0 Å². The van der Waals surface area contributed by atoms with Crippen molar-refractivity contribution in [2.45, 2.75) is 60.1 Å². The van der Waals surface area contributed by atoms with E-state index in [9.17, 15) is 19.2 Å². The average Bonchev–Trinajstić information content (AvgIpc) is 3.76. The Morgan fingerprint density at radius 1 is 0.535 bits per heavy atom. The Morgan fingerprint density at radius 2 is 0.791 bits per heavy atom. The van der Waals surface area contributed by atoms with Crippen LogP contribution in [0.25, 0.3) is 0 Å². The second-order valence-electron chi connectivity index (χ2n) is 12.4. The fourth-order valence-corrected chi connectivity index (χ4v) is 9.73. The van der Waals surface area contributed by atoms with Gasteiger partial charge >= 0.3 is 12.4 Å². The number of carbonyl (C=O) groups is 4. The maximum atomic E-state index is 15.6. The second kappa shape index (κ2) is 6.47. The molecule has 10 rings (SSSR count). The Bertz CT molecular complexity index is 1750. The van der Waals surface area contributed by atoms with Gasteiger partial charge in [0.15, 0.2) is 0 Å². The summed E-state index contributed by atoms with van der Waals surface area (Å²) < 4.78 is 98.9. The van der Waals surface area contributed by atoms with Crippen LogP contribution in [0.3, 0.4) is 0 Å². The Labute approximate surface area is 235 Å². The minimum Gasteiger partial charge on any atom is -0.332 e. The van der Waals surface area contributed by atoms with Crippen molar-refractivity contribution in [2.24, 2.45) is 0 Å². The molecule has 0 radical (unpaired) electrons. The number of hydrogen-bond acceptors (Lipinski definition) is 5. The predicted octanol–water partition coefficient (Wildman–Crippen LogP) is 4.56. The summed E-state index contributed by atoms with van der Waals surface area (Å²) >= 11 is 0. The molecule has 4 atom stereocenters. The summed E-state index contributed by atoms with van der Waals surface area (Å²) in [6, 6.07) is 5.33. The van der Waals surface area contributed by atoms with Crippen molar-refractivity contribution in [1.82, 2.24) is 10.6 Å². The van der Waals surface area contributed by atoms with E-state index in [4.69, 9.17) is 4.74 Å². The molecule has 6 bridgehead atoms. The van der Waals surface area contributed by atoms with Gasteiger partial charge in [0.2, 0.25) is 11.2 Å². The number of benzene rings is 2. The van der Waals surface area contributed by atoms with Crippen molar-refractivity contribution < 1.29 is 50.3 Å². The van der Waals surface area contributed by atoms with E-state index in [0.29, 0.717) is 22.3 Å². The van der Waals surface area contributed by atoms with Gasteiger partial charge in [0.1, 0.15) is 0 Å². The maximum Gasteiger partial charge on any atom is 0.425 e. The third-order valence-electron chi connectivity index (χ3n) is 10.9. The molecule has 4 aliphatic heterocycles. The lowest BCUT2D eigenvalue weighted by Crippen LogP contribution is -2.52. The van der Waals surface area contributed by atoms with Crippen molar-refractivity contribution in [1.29, 1.82) is 0 Å². The molecule has 4 unspecified atom stereocenters. The van der Waals surface area contributed by atoms with E-state index in [-0.39, 0.29) is 35.1 Å². The molecule has 0 spiro atoms. The molecule has 0 saturated carbocycles. The maximum absolute atomic E-state index is 15.6. The minimum absolute atomic E-state index is 0.0236. The summed E-state index contributed by atoms with van der Waals surface area (Å²) in [5, 5.41) is 4.26. The Hall–Kier alpha value is -4.26. The number of alkyl halides is 6. The number of fused-ring (bicyclic) bond motifs is 22. The van der Waals surface area contributed by atoms with Crippen LogP contribution in [0.2, 0.25) is 0 Å². The topological polar surface area (TPSA) is 102 Å².